The molecule has 0 aliphatic heterocycles. The highest BCUT2D eigenvalue weighted by Gasteiger charge is 2.19. The van der Waals surface area contributed by atoms with Gasteiger partial charge in [0, 0.05) is 20.2 Å². The number of nitrogens with zero attached hydrogens (tertiary/aromatic N) is 1. The summed E-state index contributed by atoms with van der Waals surface area (Å²) in [6.07, 6.45) is 1.32. The van der Waals surface area contributed by atoms with Gasteiger partial charge >= 0.3 is 0 Å². The first-order valence-electron chi connectivity index (χ1n) is 5.25. The summed E-state index contributed by atoms with van der Waals surface area (Å²) < 4.78 is 29.9. The number of hydrogen-bond acceptors (Lipinski definition) is 4. The highest BCUT2D eigenvalue weighted by atomic mass is 32.2. The van der Waals surface area contributed by atoms with Gasteiger partial charge in [-0.15, -0.1) is 0 Å². The number of methoxy groups -OCH3 is 1. The predicted molar refractivity (Wildman–Crippen MR) is 61.2 cm³/mol. The molecule has 0 atom stereocenters. The van der Waals surface area contributed by atoms with Crippen LogP contribution < -0.4 is 5.73 Å². The summed E-state index contributed by atoms with van der Waals surface area (Å²) in [4.78, 5) is 0. The van der Waals surface area contributed by atoms with E-state index >= 15 is 0 Å². The van der Waals surface area contributed by atoms with Gasteiger partial charge in [0.25, 0.3) is 0 Å². The van der Waals surface area contributed by atoms with Crippen LogP contribution in [0.1, 0.15) is 19.8 Å². The molecule has 0 radical (unpaired) electrons. The zero-order valence-corrected chi connectivity index (χ0v) is 10.4. The molecule has 0 aromatic rings. The first-order chi connectivity index (χ1) is 7.08. The normalized spacial score (nSPS) is 12.3. The molecule has 0 amide bonds. The maximum Gasteiger partial charge on any atom is 0.214 e. The van der Waals surface area contributed by atoms with Crippen LogP contribution in [0.25, 0.3) is 0 Å². The first-order valence-corrected chi connectivity index (χ1v) is 6.86. The van der Waals surface area contributed by atoms with Crippen molar-refractivity contribution in [1.82, 2.24) is 4.31 Å². The lowest BCUT2D eigenvalue weighted by molar-refractivity contribution is 0.178. The standard InChI is InChI=1S/C9H22N2O3S/c1-3-9-15(12,13)11(6-4-5-10)7-8-14-2/h3-10H2,1-2H3. The summed E-state index contributed by atoms with van der Waals surface area (Å²) in [5, 5.41) is 0. The fourth-order valence-corrected chi connectivity index (χ4v) is 2.77. The quantitative estimate of drug-likeness (QED) is 0.615. The van der Waals surface area contributed by atoms with Crippen molar-refractivity contribution in [3.63, 3.8) is 0 Å². The molecule has 0 aromatic carbocycles. The molecule has 0 bridgehead atoms. The van der Waals surface area contributed by atoms with Gasteiger partial charge in [-0.1, -0.05) is 6.92 Å². The monoisotopic (exact) mass is 238 g/mol. The number of ether oxygens (including phenoxy) is 1. The van der Waals surface area contributed by atoms with Crippen LogP contribution in [0.15, 0.2) is 0 Å². The third-order valence-corrected chi connectivity index (χ3v) is 4.09. The number of nitrogens with two attached hydrogens (primary N) is 1. The average Bonchev–Trinajstić information content (AvgIpc) is 2.17. The molecule has 92 valence electrons. The second kappa shape index (κ2) is 8.04. The number of hydrogen-bond donors (Lipinski definition) is 1. The van der Waals surface area contributed by atoms with Crippen molar-refractivity contribution in [3.8, 4) is 0 Å². The Labute approximate surface area is 92.6 Å². The topological polar surface area (TPSA) is 72.6 Å². The van der Waals surface area contributed by atoms with Crippen molar-refractivity contribution in [1.29, 1.82) is 0 Å². The van der Waals surface area contributed by atoms with Crippen LogP contribution in [0.4, 0.5) is 0 Å². The highest BCUT2D eigenvalue weighted by Crippen LogP contribution is 2.04. The van der Waals surface area contributed by atoms with Gasteiger partial charge in [0.15, 0.2) is 0 Å². The first kappa shape index (κ1) is 14.8. The summed E-state index contributed by atoms with van der Waals surface area (Å²) in [7, 11) is -1.56. The molecule has 0 saturated heterocycles. The van der Waals surface area contributed by atoms with Gasteiger partial charge in [-0.2, -0.15) is 4.31 Å². The zero-order chi connectivity index (χ0) is 11.7. The molecule has 0 fully saturated rings. The number of rotatable bonds is 9. The Morgan fingerprint density at radius 1 is 1.33 bits per heavy atom. The molecule has 0 saturated carbocycles. The predicted octanol–water partition coefficient (Wildman–Crippen LogP) is 0.0234. The largest absolute Gasteiger partial charge is 0.383 e. The van der Waals surface area contributed by atoms with Crippen molar-refractivity contribution >= 4 is 10.0 Å². The van der Waals surface area contributed by atoms with E-state index in [0.717, 1.165) is 0 Å². The third-order valence-electron chi connectivity index (χ3n) is 2.01. The summed E-state index contributed by atoms with van der Waals surface area (Å²) in [5.41, 5.74) is 5.37. The Kier molecular flexibility index (Phi) is 7.95. The van der Waals surface area contributed by atoms with Crippen LogP contribution in [-0.4, -0.2) is 51.8 Å². The fourth-order valence-electron chi connectivity index (χ4n) is 1.24. The van der Waals surface area contributed by atoms with Gasteiger partial charge < -0.3 is 10.5 Å². The second-order valence-electron chi connectivity index (χ2n) is 3.35. The van der Waals surface area contributed by atoms with E-state index in [4.69, 9.17) is 10.5 Å². The molecule has 0 heterocycles. The van der Waals surface area contributed by atoms with Crippen LogP contribution in [0.3, 0.4) is 0 Å². The van der Waals surface area contributed by atoms with Crippen molar-refractivity contribution in [2.45, 2.75) is 19.8 Å². The zero-order valence-electron chi connectivity index (χ0n) is 9.61. The summed E-state index contributed by atoms with van der Waals surface area (Å²) in [6.45, 7) is 3.69. The van der Waals surface area contributed by atoms with Crippen molar-refractivity contribution in [2.24, 2.45) is 5.73 Å². The Morgan fingerprint density at radius 3 is 2.47 bits per heavy atom. The molecule has 0 aliphatic carbocycles. The van der Waals surface area contributed by atoms with E-state index in [2.05, 4.69) is 0 Å². The lowest BCUT2D eigenvalue weighted by Gasteiger charge is -2.21. The van der Waals surface area contributed by atoms with Crippen molar-refractivity contribution in [2.75, 3.05) is 39.1 Å². The molecule has 0 spiro atoms. The van der Waals surface area contributed by atoms with E-state index < -0.39 is 10.0 Å². The smallest absolute Gasteiger partial charge is 0.214 e. The molecule has 0 rings (SSSR count). The van der Waals surface area contributed by atoms with E-state index in [1.54, 1.807) is 7.11 Å². The van der Waals surface area contributed by atoms with Crippen LogP contribution in [0.5, 0.6) is 0 Å². The minimum absolute atomic E-state index is 0.196. The second-order valence-corrected chi connectivity index (χ2v) is 5.44. The summed E-state index contributed by atoms with van der Waals surface area (Å²) in [6, 6.07) is 0. The number of sulfonamides is 1. The van der Waals surface area contributed by atoms with Crippen molar-refractivity contribution < 1.29 is 13.2 Å². The summed E-state index contributed by atoms with van der Waals surface area (Å²) in [5.74, 6) is 0.196. The van der Waals surface area contributed by atoms with Crippen LogP contribution >= 0.6 is 0 Å². The SMILES string of the molecule is CCCS(=O)(=O)N(CCCN)CCOC. The van der Waals surface area contributed by atoms with Crippen LogP contribution in [0.2, 0.25) is 0 Å². The van der Waals surface area contributed by atoms with Gasteiger partial charge in [0.05, 0.1) is 12.4 Å². The molecule has 5 nitrogen and oxygen atoms in total. The van der Waals surface area contributed by atoms with Gasteiger partial charge in [-0.05, 0) is 19.4 Å². The molecule has 0 unspecified atom stereocenters. The lowest BCUT2D eigenvalue weighted by atomic mass is 10.4. The molecule has 2 N–H and O–H groups in total. The molecule has 15 heavy (non-hydrogen) atoms. The third kappa shape index (κ3) is 6.09. The Bertz CT molecular complexity index is 234. The Balaban J connectivity index is 4.32. The van der Waals surface area contributed by atoms with E-state index in [9.17, 15) is 8.42 Å². The average molecular weight is 238 g/mol. The van der Waals surface area contributed by atoms with E-state index in [0.29, 0.717) is 39.1 Å². The van der Waals surface area contributed by atoms with E-state index in [1.807, 2.05) is 6.92 Å². The Morgan fingerprint density at radius 2 is 2.00 bits per heavy atom. The van der Waals surface area contributed by atoms with Crippen LogP contribution in [0, 0.1) is 0 Å². The van der Waals surface area contributed by atoms with Gasteiger partial charge in [-0.25, -0.2) is 8.42 Å². The minimum Gasteiger partial charge on any atom is -0.383 e. The van der Waals surface area contributed by atoms with E-state index in [1.165, 1.54) is 4.31 Å². The Hall–Kier alpha value is -0.170. The highest BCUT2D eigenvalue weighted by molar-refractivity contribution is 7.89. The molecule has 0 aliphatic rings. The summed E-state index contributed by atoms with van der Waals surface area (Å²) >= 11 is 0. The molecular weight excluding hydrogens is 216 g/mol. The lowest BCUT2D eigenvalue weighted by Crippen LogP contribution is -2.37. The van der Waals surface area contributed by atoms with Crippen molar-refractivity contribution in [3.05, 3.63) is 0 Å². The maximum atomic E-state index is 11.8. The van der Waals surface area contributed by atoms with Gasteiger partial charge in [-0.3, -0.25) is 0 Å². The van der Waals surface area contributed by atoms with Crippen LogP contribution in [-0.2, 0) is 14.8 Å². The molecule has 0 aromatic heterocycles. The van der Waals surface area contributed by atoms with E-state index in [-0.39, 0.29) is 5.75 Å². The van der Waals surface area contributed by atoms with Gasteiger partial charge in [0.1, 0.15) is 0 Å². The van der Waals surface area contributed by atoms with Gasteiger partial charge in [0.2, 0.25) is 10.0 Å². The fraction of sp³-hybridized carbons (Fsp3) is 1.00. The maximum absolute atomic E-state index is 11.8. The minimum atomic E-state index is -3.12. The molecule has 6 heteroatoms. The molecular formula is C9H22N2O3S.